The average molecular weight is 576 g/mol. The number of hydrogen-bond acceptors (Lipinski definition) is 6. The highest BCUT2D eigenvalue weighted by molar-refractivity contribution is 5.94. The summed E-state index contributed by atoms with van der Waals surface area (Å²) in [4.78, 5) is 39.9. The van der Waals surface area contributed by atoms with E-state index in [9.17, 15) is 23.9 Å². The van der Waals surface area contributed by atoms with Crippen LogP contribution in [0.3, 0.4) is 0 Å². The highest BCUT2D eigenvalue weighted by Gasteiger charge is 2.48. The van der Waals surface area contributed by atoms with Crippen molar-refractivity contribution in [3.05, 3.63) is 87.7 Å². The summed E-state index contributed by atoms with van der Waals surface area (Å²) in [5.74, 6) is -4.12. The van der Waals surface area contributed by atoms with Gasteiger partial charge in [0.05, 0.1) is 12.5 Å². The number of nitrogens with zero attached hydrogens (tertiary/aromatic N) is 1. The Labute approximate surface area is 243 Å². The molecule has 2 aliphatic heterocycles. The van der Waals surface area contributed by atoms with E-state index in [1.54, 1.807) is 23.1 Å². The number of nitrogens with two attached hydrogens (primary N) is 1. The van der Waals surface area contributed by atoms with Crippen molar-refractivity contribution in [2.45, 2.75) is 45.6 Å². The first-order valence-corrected chi connectivity index (χ1v) is 14.0. The first-order chi connectivity index (χ1) is 20.1. The van der Waals surface area contributed by atoms with Crippen molar-refractivity contribution in [1.29, 1.82) is 0 Å². The molecule has 220 valence electrons. The summed E-state index contributed by atoms with van der Waals surface area (Å²) < 4.78 is 25.5. The number of benzene rings is 3. The quantitative estimate of drug-likeness (QED) is 0.341. The Morgan fingerprint density at radius 3 is 2.29 bits per heavy atom. The second-order valence-electron chi connectivity index (χ2n) is 10.8. The molecule has 3 atom stereocenters. The van der Waals surface area contributed by atoms with E-state index in [2.05, 4.69) is 17.4 Å². The fourth-order valence-corrected chi connectivity index (χ4v) is 6.20. The average Bonchev–Trinajstić information content (AvgIpc) is 3.59. The third kappa shape index (κ3) is 5.54. The van der Waals surface area contributed by atoms with Gasteiger partial charge in [0.1, 0.15) is 0 Å². The number of hydrogen-bond donors (Lipinski definition) is 3. The Hall–Kier alpha value is -4.44. The van der Waals surface area contributed by atoms with Gasteiger partial charge in [0, 0.05) is 29.8 Å². The molecule has 0 aromatic heterocycles. The summed E-state index contributed by atoms with van der Waals surface area (Å²) in [6.45, 7) is 6.03. The van der Waals surface area contributed by atoms with Crippen LogP contribution in [0, 0.1) is 18.7 Å². The zero-order chi connectivity index (χ0) is 30.1. The van der Waals surface area contributed by atoms with E-state index in [1.807, 2.05) is 20.8 Å². The highest BCUT2D eigenvalue weighted by Crippen LogP contribution is 2.48. The lowest BCUT2D eigenvalue weighted by atomic mass is 9.82. The van der Waals surface area contributed by atoms with Crippen LogP contribution in [0.1, 0.15) is 64.0 Å². The number of carbonyl (C=O) groups excluding carboxylic acids is 2. The summed E-state index contributed by atoms with van der Waals surface area (Å²) in [6, 6.07) is 12.6. The fourth-order valence-electron chi connectivity index (χ4n) is 6.20. The molecule has 42 heavy (non-hydrogen) atoms. The predicted octanol–water partition coefficient (Wildman–Crippen LogP) is 4.57. The fraction of sp³-hybridized carbons (Fsp3) is 0.344. The van der Waals surface area contributed by atoms with Crippen LogP contribution in [-0.4, -0.2) is 47.7 Å². The van der Waals surface area contributed by atoms with Gasteiger partial charge >= 0.3 is 5.97 Å². The van der Waals surface area contributed by atoms with Crippen LogP contribution in [0.2, 0.25) is 0 Å². The van der Waals surface area contributed by atoms with Crippen LogP contribution in [-0.2, 0) is 22.4 Å². The van der Waals surface area contributed by atoms with Crippen molar-refractivity contribution in [3.63, 3.8) is 0 Å². The second-order valence-corrected chi connectivity index (χ2v) is 10.8. The van der Waals surface area contributed by atoms with Crippen molar-refractivity contribution in [2.75, 3.05) is 25.2 Å². The zero-order valence-electron chi connectivity index (χ0n) is 23.8. The molecule has 10 heteroatoms. The normalized spacial score (nSPS) is 19.6. The summed E-state index contributed by atoms with van der Waals surface area (Å²) in [7, 11) is 0. The molecule has 5 rings (SSSR count). The number of nitrogens with one attached hydrogen (secondary N) is 1. The summed E-state index contributed by atoms with van der Waals surface area (Å²) in [6.07, 6.45) is 1.48. The molecule has 4 N–H and O–H groups in total. The van der Waals surface area contributed by atoms with E-state index < -0.39 is 35.6 Å². The van der Waals surface area contributed by atoms with Crippen molar-refractivity contribution in [3.8, 4) is 11.5 Å². The number of anilines is 1. The van der Waals surface area contributed by atoms with Crippen LogP contribution < -0.4 is 20.5 Å². The SMILES string of the molecule is CCc1cc(C)cc(CC)c1NC(=O)CN1C[C@H](c2cc(F)c3c(c2)OCO3)C(C(=O)O)[C@@H]1c1ccc(C(N)=O)cc1. The predicted molar refractivity (Wildman–Crippen MR) is 154 cm³/mol. The maximum atomic E-state index is 14.9. The van der Waals surface area contributed by atoms with Crippen LogP contribution >= 0.6 is 0 Å². The molecule has 1 saturated heterocycles. The molecule has 0 aliphatic carbocycles. The topological polar surface area (TPSA) is 131 Å². The van der Waals surface area contributed by atoms with Crippen LogP contribution in [0.5, 0.6) is 11.5 Å². The molecule has 0 bridgehead atoms. The molecule has 3 aromatic rings. The lowest BCUT2D eigenvalue weighted by Gasteiger charge is -2.27. The Morgan fingerprint density at radius 2 is 1.69 bits per heavy atom. The highest BCUT2D eigenvalue weighted by atomic mass is 19.1. The molecular formula is C32H34FN3O6. The van der Waals surface area contributed by atoms with Gasteiger partial charge in [-0.1, -0.05) is 43.7 Å². The molecular weight excluding hydrogens is 541 g/mol. The maximum absolute atomic E-state index is 14.9. The zero-order valence-corrected chi connectivity index (χ0v) is 23.8. The molecule has 9 nitrogen and oxygen atoms in total. The number of primary amides is 1. The van der Waals surface area contributed by atoms with Gasteiger partial charge in [-0.15, -0.1) is 0 Å². The Morgan fingerprint density at radius 1 is 1.02 bits per heavy atom. The van der Waals surface area contributed by atoms with Crippen LogP contribution in [0.25, 0.3) is 0 Å². The standard InChI is InChI=1S/C32H34FN3O6/c1-4-18-10-17(3)11-19(5-2)28(18)35-26(37)15-36-14-23(22-12-24(33)30-25(13-22)41-16-42-30)27(32(39)40)29(36)20-6-8-21(9-7-20)31(34)38/h6-13,23,27,29H,4-5,14-16H2,1-3H3,(H2,34,38)(H,35,37)(H,39,40)/t23-,27?,29+/m1/s1. The van der Waals surface area contributed by atoms with Gasteiger partial charge in [-0.3, -0.25) is 19.3 Å². The van der Waals surface area contributed by atoms with Crippen molar-refractivity contribution in [2.24, 2.45) is 11.7 Å². The molecule has 3 aromatic carbocycles. The molecule has 0 spiro atoms. The second kappa shape index (κ2) is 11.8. The number of fused-ring (bicyclic) bond motifs is 1. The van der Waals surface area contributed by atoms with E-state index in [0.717, 1.165) is 35.2 Å². The number of rotatable bonds is 9. The van der Waals surface area contributed by atoms with Gasteiger partial charge < -0.3 is 25.6 Å². The number of amides is 2. The molecule has 0 saturated carbocycles. The summed E-state index contributed by atoms with van der Waals surface area (Å²) in [5, 5.41) is 13.6. The third-order valence-corrected chi connectivity index (χ3v) is 8.12. The molecule has 2 amide bonds. The minimum Gasteiger partial charge on any atom is -0.481 e. The first-order valence-electron chi connectivity index (χ1n) is 14.0. The molecule has 2 heterocycles. The number of ether oxygens (including phenoxy) is 2. The minimum atomic E-state index is -1.09. The van der Waals surface area contributed by atoms with Gasteiger partial charge in [0.2, 0.25) is 24.4 Å². The lowest BCUT2D eigenvalue weighted by Crippen LogP contribution is -2.35. The van der Waals surface area contributed by atoms with E-state index in [0.29, 0.717) is 11.1 Å². The molecule has 0 radical (unpaired) electrons. The largest absolute Gasteiger partial charge is 0.481 e. The number of aryl methyl sites for hydroxylation is 3. The van der Waals surface area contributed by atoms with E-state index in [4.69, 9.17) is 15.2 Å². The van der Waals surface area contributed by atoms with Gasteiger partial charge in [-0.2, -0.15) is 0 Å². The number of carboxylic acids is 1. The smallest absolute Gasteiger partial charge is 0.309 e. The molecule has 2 aliphatic rings. The number of likely N-dealkylation sites (tertiary alicyclic amines) is 1. The van der Waals surface area contributed by atoms with E-state index in [-0.39, 0.29) is 42.9 Å². The maximum Gasteiger partial charge on any atom is 0.309 e. The first kappa shape index (κ1) is 29.1. The molecule has 1 unspecified atom stereocenters. The van der Waals surface area contributed by atoms with Gasteiger partial charge in [-0.05, 0) is 66.3 Å². The van der Waals surface area contributed by atoms with Crippen molar-refractivity contribution < 1.29 is 33.4 Å². The summed E-state index contributed by atoms with van der Waals surface area (Å²) >= 11 is 0. The Balaban J connectivity index is 1.52. The van der Waals surface area contributed by atoms with Crippen molar-refractivity contribution in [1.82, 2.24) is 4.90 Å². The van der Waals surface area contributed by atoms with Gasteiger partial charge in [-0.25, -0.2) is 4.39 Å². The number of carboxylic acid groups (broad SMARTS) is 1. The molecule has 1 fully saturated rings. The minimum absolute atomic E-state index is 0.00463. The van der Waals surface area contributed by atoms with Crippen molar-refractivity contribution >= 4 is 23.5 Å². The van der Waals surface area contributed by atoms with Gasteiger partial charge in [0.25, 0.3) is 0 Å². The number of carbonyl (C=O) groups is 3. The Bertz CT molecular complexity index is 1510. The van der Waals surface area contributed by atoms with Crippen LogP contribution in [0.15, 0.2) is 48.5 Å². The van der Waals surface area contributed by atoms with Crippen LogP contribution in [0.4, 0.5) is 10.1 Å². The third-order valence-electron chi connectivity index (χ3n) is 8.12. The number of aliphatic carboxylic acids is 1. The Kier molecular flexibility index (Phi) is 8.17. The lowest BCUT2D eigenvalue weighted by molar-refractivity contribution is -0.143. The number of halogens is 1. The summed E-state index contributed by atoms with van der Waals surface area (Å²) in [5.41, 5.74) is 10.7. The van der Waals surface area contributed by atoms with E-state index >= 15 is 0 Å². The van der Waals surface area contributed by atoms with Gasteiger partial charge in [0.15, 0.2) is 11.6 Å². The van der Waals surface area contributed by atoms with E-state index in [1.165, 1.54) is 18.2 Å². The monoisotopic (exact) mass is 575 g/mol.